The first kappa shape index (κ1) is 24.6. The van der Waals surface area contributed by atoms with Crippen LogP contribution in [0.15, 0.2) is 54.8 Å². The van der Waals surface area contributed by atoms with Crippen LogP contribution in [0.4, 0.5) is 5.69 Å². The first-order valence-corrected chi connectivity index (χ1v) is 6.57. The highest BCUT2D eigenvalue weighted by Crippen LogP contribution is 2.08. The van der Waals surface area contributed by atoms with E-state index in [0.29, 0.717) is 5.82 Å². The fourth-order valence-electron chi connectivity index (χ4n) is 1.30. The van der Waals surface area contributed by atoms with Gasteiger partial charge >= 0.3 is 0 Å². The first-order chi connectivity index (χ1) is 10.6. The minimum atomic E-state index is 0.706. The molecule has 0 heterocycles. The highest BCUT2D eigenvalue weighted by atomic mass is 16.2. The Labute approximate surface area is 134 Å². The van der Waals surface area contributed by atoms with Crippen molar-refractivity contribution in [2.45, 2.75) is 20.4 Å². The van der Waals surface area contributed by atoms with Crippen LogP contribution in [0, 0.1) is 0 Å². The summed E-state index contributed by atoms with van der Waals surface area (Å²) in [6.45, 7) is 16.5. The maximum absolute atomic E-state index is 8.00. The third-order valence-corrected chi connectivity index (χ3v) is 2.10. The summed E-state index contributed by atoms with van der Waals surface area (Å²) in [6.07, 6.45) is 0. The zero-order chi connectivity index (χ0) is 18.0. The van der Waals surface area contributed by atoms with Crippen molar-refractivity contribution >= 4 is 18.2 Å². The van der Waals surface area contributed by atoms with Crippen LogP contribution < -0.4 is 10.6 Å². The maximum atomic E-state index is 8.00. The van der Waals surface area contributed by atoms with E-state index in [1.807, 2.05) is 39.8 Å². The van der Waals surface area contributed by atoms with Gasteiger partial charge < -0.3 is 20.5 Å². The second-order valence-corrected chi connectivity index (χ2v) is 3.81. The lowest BCUT2D eigenvalue weighted by Gasteiger charge is -2.07. The number of nitrogens with zero attached hydrogens (tertiary/aromatic N) is 1. The minimum Gasteiger partial charge on any atom is -0.400 e. The molecule has 1 aromatic rings. The minimum absolute atomic E-state index is 0.706. The smallest absolute Gasteiger partial charge is 0.118 e. The lowest BCUT2D eigenvalue weighted by Crippen LogP contribution is -2.11. The molecule has 0 aliphatic rings. The number of aliphatic hydroxyl groups excluding tert-OH is 1. The molecule has 0 radical (unpaired) electrons. The van der Waals surface area contributed by atoms with Crippen LogP contribution in [-0.2, 0) is 11.3 Å². The molecule has 0 aliphatic heterocycles. The van der Waals surface area contributed by atoms with Crippen LogP contribution >= 0.6 is 0 Å². The molecule has 0 unspecified atom stereocenters. The zero-order valence-electron chi connectivity index (χ0n) is 14.1. The van der Waals surface area contributed by atoms with Gasteiger partial charge in [0.2, 0.25) is 0 Å². The van der Waals surface area contributed by atoms with Crippen molar-refractivity contribution in [3.8, 4) is 0 Å². The molecule has 0 saturated carbocycles. The Morgan fingerprint density at radius 3 is 1.95 bits per heavy atom. The van der Waals surface area contributed by atoms with E-state index in [4.69, 9.17) is 9.90 Å². The number of rotatable bonds is 5. The van der Waals surface area contributed by atoms with Crippen molar-refractivity contribution in [2.24, 2.45) is 4.99 Å². The number of carbonyl (C=O) groups excluding carboxylic acids is 1. The van der Waals surface area contributed by atoms with Crippen molar-refractivity contribution in [1.82, 2.24) is 5.32 Å². The molecule has 1 rings (SSSR count). The normalized spacial score (nSPS) is 7.50. The molecular formula is C17H29N3O2. The topological polar surface area (TPSA) is 73.7 Å². The molecule has 3 N–H and O–H groups in total. The summed E-state index contributed by atoms with van der Waals surface area (Å²) in [5.74, 6) is 0.706. The zero-order valence-corrected chi connectivity index (χ0v) is 14.1. The number of benzene rings is 1. The Balaban J connectivity index is -0.000000535. The number of aliphatic imine (C=N–C) groups is 1. The van der Waals surface area contributed by atoms with Crippen molar-refractivity contribution in [2.75, 3.05) is 19.5 Å². The molecule has 0 bridgehead atoms. The highest BCUT2D eigenvalue weighted by Gasteiger charge is 1.94. The number of hydrogen-bond donors (Lipinski definition) is 3. The van der Waals surface area contributed by atoms with Crippen molar-refractivity contribution in [3.63, 3.8) is 0 Å². The van der Waals surface area contributed by atoms with Gasteiger partial charge in [-0.05, 0) is 31.5 Å². The largest absolute Gasteiger partial charge is 0.400 e. The average molecular weight is 307 g/mol. The molecule has 0 aromatic heterocycles. The molecule has 5 heteroatoms. The lowest BCUT2D eigenvalue weighted by molar-refractivity contribution is -0.0979. The predicted octanol–water partition coefficient (Wildman–Crippen LogP) is 3.00. The van der Waals surface area contributed by atoms with Gasteiger partial charge in [-0.15, -0.1) is 13.2 Å². The quantitative estimate of drug-likeness (QED) is 0.577. The number of aliphatic hydroxyl groups is 1. The Kier molecular flexibility index (Phi) is 20.8. The van der Waals surface area contributed by atoms with E-state index in [0.717, 1.165) is 25.1 Å². The molecular weight excluding hydrogens is 278 g/mol. The van der Waals surface area contributed by atoms with Gasteiger partial charge in [-0.1, -0.05) is 18.7 Å². The summed E-state index contributed by atoms with van der Waals surface area (Å²) in [5, 5.41) is 13.3. The van der Waals surface area contributed by atoms with Crippen LogP contribution in [0.25, 0.3) is 0 Å². The molecule has 124 valence electrons. The van der Waals surface area contributed by atoms with E-state index in [-0.39, 0.29) is 0 Å². The highest BCUT2D eigenvalue weighted by molar-refractivity contribution is 5.79. The van der Waals surface area contributed by atoms with Gasteiger partial charge in [0.1, 0.15) is 12.6 Å². The lowest BCUT2D eigenvalue weighted by atomic mass is 10.2. The second kappa shape index (κ2) is 18.6. The summed E-state index contributed by atoms with van der Waals surface area (Å²) in [5.41, 5.74) is 3.33. The molecule has 0 spiro atoms. The SMILES string of the molecule is C=C.C=C(N=C(C)C)NCc1ccc(NC)cc1.C=O.CO. The van der Waals surface area contributed by atoms with Crippen LogP contribution in [0.3, 0.4) is 0 Å². The van der Waals surface area contributed by atoms with Crippen molar-refractivity contribution in [3.05, 3.63) is 55.4 Å². The van der Waals surface area contributed by atoms with Crippen molar-refractivity contribution in [1.29, 1.82) is 0 Å². The molecule has 5 nitrogen and oxygen atoms in total. The fraction of sp³-hybridized carbons (Fsp3) is 0.294. The van der Waals surface area contributed by atoms with Gasteiger partial charge in [-0.2, -0.15) is 0 Å². The summed E-state index contributed by atoms with van der Waals surface area (Å²) < 4.78 is 0. The Morgan fingerprint density at radius 1 is 1.14 bits per heavy atom. The number of carbonyl (C=O) groups is 1. The summed E-state index contributed by atoms with van der Waals surface area (Å²) in [7, 11) is 2.91. The van der Waals surface area contributed by atoms with Gasteiger partial charge in [0.15, 0.2) is 0 Å². The van der Waals surface area contributed by atoms with Gasteiger partial charge in [0.25, 0.3) is 0 Å². The average Bonchev–Trinajstić information content (AvgIpc) is 2.58. The van der Waals surface area contributed by atoms with Gasteiger partial charge in [-0.25, -0.2) is 4.99 Å². The van der Waals surface area contributed by atoms with Crippen LogP contribution in [0.1, 0.15) is 19.4 Å². The molecule has 0 atom stereocenters. The standard InChI is InChI=1S/C13H19N3.C2H4.CH4O.CH2O/c1-10(2)16-11(3)15-9-12-5-7-13(14-4)8-6-12;3*1-2/h5-8,14-15H,3,9H2,1-2,4H3;1-2H2;2H,1H3;1H2. The number of nitrogens with one attached hydrogen (secondary N) is 2. The summed E-state index contributed by atoms with van der Waals surface area (Å²) >= 11 is 0. The summed E-state index contributed by atoms with van der Waals surface area (Å²) in [4.78, 5) is 12.2. The molecule has 0 aliphatic carbocycles. The predicted molar refractivity (Wildman–Crippen MR) is 97.3 cm³/mol. The third-order valence-electron chi connectivity index (χ3n) is 2.10. The molecule has 1 aromatic carbocycles. The first-order valence-electron chi connectivity index (χ1n) is 6.57. The Morgan fingerprint density at radius 2 is 1.59 bits per heavy atom. The van der Waals surface area contributed by atoms with Gasteiger partial charge in [-0.3, -0.25) is 0 Å². The number of anilines is 1. The fourth-order valence-corrected chi connectivity index (χ4v) is 1.30. The molecule has 0 saturated heterocycles. The number of hydrogen-bond acceptors (Lipinski definition) is 5. The van der Waals surface area contributed by atoms with E-state index in [1.54, 1.807) is 0 Å². The Hall–Kier alpha value is -2.40. The van der Waals surface area contributed by atoms with Gasteiger partial charge in [0.05, 0.1) is 0 Å². The van der Waals surface area contributed by atoms with Crippen LogP contribution in [0.2, 0.25) is 0 Å². The van der Waals surface area contributed by atoms with E-state index >= 15 is 0 Å². The summed E-state index contributed by atoms with van der Waals surface area (Å²) in [6, 6.07) is 8.26. The van der Waals surface area contributed by atoms with E-state index in [1.165, 1.54) is 5.56 Å². The second-order valence-electron chi connectivity index (χ2n) is 3.81. The van der Waals surface area contributed by atoms with Crippen molar-refractivity contribution < 1.29 is 9.90 Å². The van der Waals surface area contributed by atoms with E-state index in [9.17, 15) is 0 Å². The van der Waals surface area contributed by atoms with Crippen LogP contribution in [0.5, 0.6) is 0 Å². The maximum Gasteiger partial charge on any atom is 0.118 e. The monoisotopic (exact) mass is 307 g/mol. The van der Waals surface area contributed by atoms with Crippen LogP contribution in [-0.4, -0.2) is 31.8 Å². The molecule has 22 heavy (non-hydrogen) atoms. The molecule has 0 amide bonds. The molecule has 0 fully saturated rings. The van der Waals surface area contributed by atoms with Gasteiger partial charge in [0, 0.05) is 32.1 Å². The van der Waals surface area contributed by atoms with E-state index < -0.39 is 0 Å². The Bertz CT molecular complexity index is 408. The third kappa shape index (κ3) is 14.0. The van der Waals surface area contributed by atoms with E-state index in [2.05, 4.69) is 47.5 Å².